The number of Topliss-reactive ketones (excluding diaryl/α,β-unsaturated/α-hetero) is 1. The molecule has 1 aromatic carbocycles. The van der Waals surface area contributed by atoms with Crippen LogP contribution in [0.5, 0.6) is 0 Å². The van der Waals surface area contributed by atoms with Crippen molar-refractivity contribution in [3.63, 3.8) is 0 Å². The fraction of sp³-hybridized carbons (Fsp3) is 0.484. The smallest absolute Gasteiger partial charge is 0.307 e. The van der Waals surface area contributed by atoms with Gasteiger partial charge >= 0.3 is 11.9 Å². The standard InChI is InChI=1S/C31H43N5O7S/c1-19(2)28(32)30(41)35-24(15-20-9-6-5-7-10-20)29(40)34-23(13-14-44-4)25(37)17-22-18-33-26(36(22)3)12-8-11-21(31(42)43)16-27(38)39/h5-10,12,18-19,21,23-24,28H,11,13-17,32H2,1-4H3,(H,34,40)(H,35,41)(H,38,39)(H,42,43)/b12-8+/t21-,23+,24+,28+/m1/s1. The third-order valence-corrected chi connectivity index (χ3v) is 7.83. The molecule has 240 valence electrons. The summed E-state index contributed by atoms with van der Waals surface area (Å²) in [6, 6.07) is 6.70. The minimum atomic E-state index is -1.20. The number of nitrogens with one attached hydrogen (secondary N) is 2. The number of carbonyl (C=O) groups excluding carboxylic acids is 3. The van der Waals surface area contributed by atoms with Crippen molar-refractivity contribution in [1.82, 2.24) is 20.2 Å². The predicted octanol–water partition coefficient (Wildman–Crippen LogP) is 2.06. The van der Waals surface area contributed by atoms with Crippen LogP contribution < -0.4 is 16.4 Å². The first-order chi connectivity index (χ1) is 20.8. The zero-order valence-corrected chi connectivity index (χ0v) is 26.4. The van der Waals surface area contributed by atoms with Gasteiger partial charge in [-0.05, 0) is 42.4 Å². The summed E-state index contributed by atoms with van der Waals surface area (Å²) in [4.78, 5) is 66.4. The number of ketones is 1. The molecule has 0 bridgehead atoms. The Labute approximate surface area is 261 Å². The van der Waals surface area contributed by atoms with E-state index in [2.05, 4.69) is 15.6 Å². The maximum atomic E-state index is 13.5. The second-order valence-electron chi connectivity index (χ2n) is 10.9. The van der Waals surface area contributed by atoms with Crippen molar-refractivity contribution in [3.05, 3.63) is 59.7 Å². The molecule has 0 aliphatic rings. The van der Waals surface area contributed by atoms with Gasteiger partial charge in [-0.2, -0.15) is 11.8 Å². The molecule has 13 heteroatoms. The summed E-state index contributed by atoms with van der Waals surface area (Å²) in [5, 5.41) is 23.8. The fourth-order valence-electron chi connectivity index (χ4n) is 4.35. The first-order valence-electron chi connectivity index (χ1n) is 14.4. The topological polar surface area (TPSA) is 194 Å². The van der Waals surface area contributed by atoms with Gasteiger partial charge in [-0.25, -0.2) is 4.98 Å². The van der Waals surface area contributed by atoms with E-state index in [-0.39, 0.29) is 31.0 Å². The molecule has 2 aromatic rings. The fourth-order valence-corrected chi connectivity index (χ4v) is 4.82. The lowest BCUT2D eigenvalue weighted by molar-refractivity contribution is -0.148. The molecule has 6 N–H and O–H groups in total. The van der Waals surface area contributed by atoms with Gasteiger partial charge in [0.25, 0.3) is 0 Å². The number of benzene rings is 1. The molecule has 0 fully saturated rings. The van der Waals surface area contributed by atoms with Crippen molar-refractivity contribution in [2.24, 2.45) is 24.6 Å². The second-order valence-corrected chi connectivity index (χ2v) is 11.9. The van der Waals surface area contributed by atoms with E-state index in [0.717, 1.165) is 5.56 Å². The zero-order chi connectivity index (χ0) is 32.8. The van der Waals surface area contributed by atoms with Crippen LogP contribution in [0.25, 0.3) is 6.08 Å². The van der Waals surface area contributed by atoms with Crippen LogP contribution >= 0.6 is 11.8 Å². The van der Waals surface area contributed by atoms with Crippen LogP contribution in [0.1, 0.15) is 50.2 Å². The molecule has 4 atom stereocenters. The number of nitrogens with two attached hydrogens (primary N) is 1. The summed E-state index contributed by atoms with van der Waals surface area (Å²) in [6.45, 7) is 3.64. The third-order valence-electron chi connectivity index (χ3n) is 7.19. The Morgan fingerprint density at radius 2 is 1.70 bits per heavy atom. The average Bonchev–Trinajstić information content (AvgIpc) is 3.32. The number of carbonyl (C=O) groups is 5. The molecule has 12 nitrogen and oxygen atoms in total. The largest absolute Gasteiger partial charge is 0.481 e. The van der Waals surface area contributed by atoms with Crippen LogP contribution in [0.3, 0.4) is 0 Å². The third kappa shape index (κ3) is 11.6. The summed E-state index contributed by atoms with van der Waals surface area (Å²) in [6.07, 6.45) is 6.65. The van der Waals surface area contributed by atoms with Crippen molar-refractivity contribution >= 4 is 47.4 Å². The van der Waals surface area contributed by atoms with Gasteiger partial charge < -0.3 is 31.1 Å². The van der Waals surface area contributed by atoms with Gasteiger partial charge in [0.1, 0.15) is 11.9 Å². The number of nitrogens with zero attached hydrogens (tertiary/aromatic N) is 2. The highest BCUT2D eigenvalue weighted by Crippen LogP contribution is 2.14. The quantitative estimate of drug-likeness (QED) is 0.154. The summed E-state index contributed by atoms with van der Waals surface area (Å²) in [5.41, 5.74) is 7.45. The van der Waals surface area contributed by atoms with E-state index in [1.165, 1.54) is 18.0 Å². The number of thioether (sulfide) groups is 1. The molecule has 2 amide bonds. The van der Waals surface area contributed by atoms with Crippen molar-refractivity contribution < 1.29 is 34.2 Å². The van der Waals surface area contributed by atoms with Crippen molar-refractivity contribution in [3.8, 4) is 0 Å². The number of allylic oxidation sites excluding steroid dienone is 1. The van der Waals surface area contributed by atoms with Gasteiger partial charge in [0.2, 0.25) is 11.8 Å². The van der Waals surface area contributed by atoms with Gasteiger partial charge in [-0.3, -0.25) is 24.0 Å². The van der Waals surface area contributed by atoms with Gasteiger partial charge in [0.15, 0.2) is 5.78 Å². The minimum Gasteiger partial charge on any atom is -0.481 e. The summed E-state index contributed by atoms with van der Waals surface area (Å²) in [5.74, 6) is -3.68. The number of carboxylic acids is 2. The molecule has 0 unspecified atom stereocenters. The summed E-state index contributed by atoms with van der Waals surface area (Å²) in [7, 11) is 1.71. The number of aliphatic carboxylic acids is 2. The molecular weight excluding hydrogens is 586 g/mol. The van der Waals surface area contributed by atoms with Crippen LogP contribution in [0.4, 0.5) is 0 Å². The van der Waals surface area contributed by atoms with E-state index < -0.39 is 54.2 Å². The molecule has 0 saturated carbocycles. The van der Waals surface area contributed by atoms with E-state index in [1.54, 1.807) is 23.8 Å². The lowest BCUT2D eigenvalue weighted by atomic mass is 10.0. The molecule has 0 aliphatic heterocycles. The van der Waals surface area contributed by atoms with Gasteiger partial charge in [0.05, 0.1) is 30.8 Å². The SMILES string of the molecule is CSCC[C@H](NC(=O)[C@H](Cc1ccccc1)NC(=O)[C@@H](N)C(C)C)C(=O)Cc1cnc(/C=C/C[C@H](CC(=O)O)C(=O)O)n1C. The Kier molecular flexibility index (Phi) is 14.8. The number of rotatable bonds is 19. The first-order valence-corrected chi connectivity index (χ1v) is 15.8. The Morgan fingerprint density at radius 1 is 1.05 bits per heavy atom. The average molecular weight is 630 g/mol. The normalized spacial score (nSPS) is 14.1. The monoisotopic (exact) mass is 629 g/mol. The van der Waals surface area contributed by atoms with Crippen molar-refractivity contribution in [2.45, 2.75) is 64.1 Å². The Morgan fingerprint density at radius 3 is 2.30 bits per heavy atom. The van der Waals surface area contributed by atoms with Crippen molar-refractivity contribution in [2.75, 3.05) is 12.0 Å². The van der Waals surface area contributed by atoms with Crippen LogP contribution in [-0.4, -0.2) is 79.4 Å². The van der Waals surface area contributed by atoms with Crippen molar-refractivity contribution in [1.29, 1.82) is 0 Å². The van der Waals surface area contributed by atoms with Crippen LogP contribution in [-0.2, 0) is 43.9 Å². The number of amides is 2. The van der Waals surface area contributed by atoms with Gasteiger partial charge in [0, 0.05) is 25.4 Å². The summed E-state index contributed by atoms with van der Waals surface area (Å²) < 4.78 is 1.68. The Hall–Kier alpha value is -3.97. The number of carboxylic acid groups (broad SMARTS) is 2. The molecule has 2 rings (SSSR count). The lowest BCUT2D eigenvalue weighted by Crippen LogP contribution is -2.56. The molecule has 0 spiro atoms. The van der Waals surface area contributed by atoms with Gasteiger partial charge in [-0.15, -0.1) is 0 Å². The molecule has 0 radical (unpaired) electrons. The highest BCUT2D eigenvalue weighted by atomic mass is 32.2. The summed E-state index contributed by atoms with van der Waals surface area (Å²) >= 11 is 1.54. The zero-order valence-electron chi connectivity index (χ0n) is 25.6. The molecule has 44 heavy (non-hydrogen) atoms. The second kappa shape index (κ2) is 18.0. The van der Waals surface area contributed by atoms with E-state index in [0.29, 0.717) is 23.7 Å². The van der Waals surface area contributed by atoms with E-state index >= 15 is 0 Å². The number of hydrogen-bond acceptors (Lipinski definition) is 8. The number of aromatic nitrogens is 2. The first kappa shape index (κ1) is 36.2. The van der Waals surface area contributed by atoms with E-state index in [4.69, 9.17) is 10.8 Å². The van der Waals surface area contributed by atoms with Crippen LogP contribution in [0.2, 0.25) is 0 Å². The number of imidazole rings is 1. The van der Waals surface area contributed by atoms with E-state index in [1.807, 2.05) is 50.4 Å². The Bertz CT molecular complexity index is 1310. The van der Waals surface area contributed by atoms with Crippen LogP contribution in [0.15, 0.2) is 42.6 Å². The molecule has 0 aliphatic carbocycles. The molecular formula is C31H43N5O7S. The highest BCUT2D eigenvalue weighted by Gasteiger charge is 2.29. The molecule has 1 heterocycles. The highest BCUT2D eigenvalue weighted by molar-refractivity contribution is 7.98. The predicted molar refractivity (Wildman–Crippen MR) is 169 cm³/mol. The van der Waals surface area contributed by atoms with E-state index in [9.17, 15) is 29.1 Å². The molecule has 1 aromatic heterocycles. The lowest BCUT2D eigenvalue weighted by Gasteiger charge is -2.25. The number of hydrogen-bond donors (Lipinski definition) is 5. The molecule has 0 saturated heterocycles. The maximum absolute atomic E-state index is 13.5. The van der Waals surface area contributed by atoms with Crippen LogP contribution in [0, 0.1) is 11.8 Å². The Balaban J connectivity index is 2.18. The van der Waals surface area contributed by atoms with Gasteiger partial charge in [-0.1, -0.05) is 50.3 Å². The maximum Gasteiger partial charge on any atom is 0.307 e. The minimum absolute atomic E-state index is 0.00824.